The summed E-state index contributed by atoms with van der Waals surface area (Å²) in [5, 5.41) is 2.72. The highest BCUT2D eigenvalue weighted by Crippen LogP contribution is 2.29. The Bertz CT molecular complexity index is 830. The van der Waals surface area contributed by atoms with Crippen LogP contribution in [0.1, 0.15) is 30.5 Å². The molecule has 8 heteroatoms. The lowest BCUT2D eigenvalue weighted by atomic mass is 10.1. The summed E-state index contributed by atoms with van der Waals surface area (Å²) in [5.41, 5.74) is 0.385. The normalized spacial score (nSPS) is 19.8. The SMILES string of the molecule is CC1CN(c2ccc(CNC(=O)Cc3cccc(C(F)(F)F)c3)cn2)CC(C)O1. The molecule has 1 fully saturated rings. The number of carbonyl (C=O) groups is 1. The molecule has 1 N–H and O–H groups in total. The van der Waals surface area contributed by atoms with Crippen LogP contribution in [-0.2, 0) is 28.7 Å². The second-order valence-electron chi connectivity index (χ2n) is 7.34. The molecular weight excluding hydrogens is 383 g/mol. The van der Waals surface area contributed by atoms with Gasteiger partial charge in [0.15, 0.2) is 0 Å². The third-order valence-corrected chi connectivity index (χ3v) is 4.66. The second-order valence-corrected chi connectivity index (χ2v) is 7.34. The van der Waals surface area contributed by atoms with E-state index in [1.165, 1.54) is 12.1 Å². The monoisotopic (exact) mass is 407 g/mol. The van der Waals surface area contributed by atoms with Crippen molar-refractivity contribution in [2.24, 2.45) is 0 Å². The van der Waals surface area contributed by atoms with E-state index in [9.17, 15) is 18.0 Å². The number of anilines is 1. The van der Waals surface area contributed by atoms with Crippen molar-refractivity contribution < 1.29 is 22.7 Å². The Kier molecular flexibility index (Phi) is 6.42. The third-order valence-electron chi connectivity index (χ3n) is 4.66. The molecule has 1 amide bonds. The van der Waals surface area contributed by atoms with Gasteiger partial charge in [0.2, 0.25) is 5.91 Å². The second kappa shape index (κ2) is 8.82. The number of nitrogens with one attached hydrogen (secondary N) is 1. The molecule has 0 aliphatic carbocycles. The Morgan fingerprint density at radius 2 is 1.90 bits per heavy atom. The first-order chi connectivity index (χ1) is 13.7. The third kappa shape index (κ3) is 5.93. The Morgan fingerprint density at radius 3 is 2.52 bits per heavy atom. The van der Waals surface area contributed by atoms with Gasteiger partial charge in [0.05, 0.1) is 24.2 Å². The van der Waals surface area contributed by atoms with Gasteiger partial charge in [-0.3, -0.25) is 4.79 Å². The van der Waals surface area contributed by atoms with E-state index in [2.05, 4.69) is 15.2 Å². The quantitative estimate of drug-likeness (QED) is 0.823. The van der Waals surface area contributed by atoms with Gasteiger partial charge in [0.1, 0.15) is 5.82 Å². The number of hydrogen-bond donors (Lipinski definition) is 1. The number of nitrogens with zero attached hydrogens (tertiary/aromatic N) is 2. The van der Waals surface area contributed by atoms with Gasteiger partial charge in [-0.1, -0.05) is 24.3 Å². The van der Waals surface area contributed by atoms with Crippen molar-refractivity contribution in [2.45, 2.75) is 45.2 Å². The van der Waals surface area contributed by atoms with E-state index in [4.69, 9.17) is 4.74 Å². The maximum atomic E-state index is 12.8. The van der Waals surface area contributed by atoms with Crippen LogP contribution in [0.15, 0.2) is 42.6 Å². The smallest absolute Gasteiger partial charge is 0.372 e. The first-order valence-corrected chi connectivity index (χ1v) is 9.49. The molecule has 1 aromatic carbocycles. The Balaban J connectivity index is 1.53. The van der Waals surface area contributed by atoms with E-state index in [-0.39, 0.29) is 31.1 Å². The number of ether oxygens (including phenoxy) is 1. The molecule has 2 atom stereocenters. The zero-order valence-corrected chi connectivity index (χ0v) is 16.4. The van der Waals surface area contributed by atoms with Gasteiger partial charge in [0.25, 0.3) is 0 Å². The van der Waals surface area contributed by atoms with Crippen LogP contribution >= 0.6 is 0 Å². The summed E-state index contributed by atoms with van der Waals surface area (Å²) in [7, 11) is 0. The average molecular weight is 407 g/mol. The number of hydrogen-bond acceptors (Lipinski definition) is 4. The van der Waals surface area contributed by atoms with Crippen LogP contribution < -0.4 is 10.2 Å². The number of aromatic nitrogens is 1. The highest BCUT2D eigenvalue weighted by molar-refractivity contribution is 5.78. The van der Waals surface area contributed by atoms with Crippen molar-refractivity contribution in [3.8, 4) is 0 Å². The number of carbonyl (C=O) groups excluding carboxylic acids is 1. The topological polar surface area (TPSA) is 54.5 Å². The number of halogens is 3. The van der Waals surface area contributed by atoms with Gasteiger partial charge in [0, 0.05) is 25.8 Å². The van der Waals surface area contributed by atoms with E-state index in [1.54, 1.807) is 6.20 Å². The summed E-state index contributed by atoms with van der Waals surface area (Å²) >= 11 is 0. The van der Waals surface area contributed by atoms with Crippen molar-refractivity contribution in [3.05, 3.63) is 59.3 Å². The Hall–Kier alpha value is -2.61. The van der Waals surface area contributed by atoms with E-state index >= 15 is 0 Å². The number of rotatable bonds is 5. The van der Waals surface area contributed by atoms with Crippen molar-refractivity contribution in [3.63, 3.8) is 0 Å². The summed E-state index contributed by atoms with van der Waals surface area (Å²) in [6, 6.07) is 8.60. The molecule has 5 nitrogen and oxygen atoms in total. The molecular formula is C21H24F3N3O2. The number of benzene rings is 1. The van der Waals surface area contributed by atoms with E-state index < -0.39 is 11.7 Å². The summed E-state index contributed by atoms with van der Waals surface area (Å²) in [6.07, 6.45) is -2.56. The van der Waals surface area contributed by atoms with Gasteiger partial charge in [-0.05, 0) is 37.1 Å². The minimum Gasteiger partial charge on any atom is -0.372 e. The highest BCUT2D eigenvalue weighted by atomic mass is 19.4. The van der Waals surface area contributed by atoms with Crippen LogP contribution in [0, 0.1) is 0 Å². The molecule has 0 saturated carbocycles. The Labute approximate surface area is 167 Å². The molecule has 0 radical (unpaired) electrons. The zero-order valence-electron chi connectivity index (χ0n) is 16.4. The minimum absolute atomic E-state index is 0.112. The molecule has 3 rings (SSSR count). The number of alkyl halides is 3. The van der Waals surface area contributed by atoms with Crippen molar-refractivity contribution in [2.75, 3.05) is 18.0 Å². The van der Waals surface area contributed by atoms with Gasteiger partial charge in [-0.15, -0.1) is 0 Å². The lowest BCUT2D eigenvalue weighted by molar-refractivity contribution is -0.137. The fourth-order valence-electron chi connectivity index (χ4n) is 3.38. The van der Waals surface area contributed by atoms with Crippen molar-refractivity contribution in [1.29, 1.82) is 0 Å². The van der Waals surface area contributed by atoms with Crippen molar-refractivity contribution in [1.82, 2.24) is 10.3 Å². The molecule has 0 spiro atoms. The van der Waals surface area contributed by atoms with Crippen LogP contribution in [0.2, 0.25) is 0 Å². The van der Waals surface area contributed by atoms with Crippen LogP contribution in [0.5, 0.6) is 0 Å². The van der Waals surface area contributed by atoms with Gasteiger partial charge < -0.3 is 15.0 Å². The molecule has 156 valence electrons. The summed E-state index contributed by atoms with van der Waals surface area (Å²) in [4.78, 5) is 18.7. The molecule has 2 aromatic rings. The zero-order chi connectivity index (χ0) is 21.0. The molecule has 1 aromatic heterocycles. The summed E-state index contributed by atoms with van der Waals surface area (Å²) < 4.78 is 44.0. The van der Waals surface area contributed by atoms with E-state index in [0.717, 1.165) is 36.6 Å². The fourth-order valence-corrected chi connectivity index (χ4v) is 3.38. The summed E-state index contributed by atoms with van der Waals surface area (Å²) in [6.45, 7) is 5.85. The Morgan fingerprint density at radius 1 is 1.17 bits per heavy atom. The number of amides is 1. The lowest BCUT2D eigenvalue weighted by Crippen LogP contribution is -2.45. The summed E-state index contributed by atoms with van der Waals surface area (Å²) in [5.74, 6) is 0.510. The first kappa shape index (κ1) is 21.1. The predicted molar refractivity (Wildman–Crippen MR) is 103 cm³/mol. The molecule has 1 aliphatic heterocycles. The highest BCUT2D eigenvalue weighted by Gasteiger charge is 2.30. The van der Waals surface area contributed by atoms with Crippen LogP contribution in [0.4, 0.5) is 19.0 Å². The fraction of sp³-hybridized carbons (Fsp3) is 0.429. The van der Waals surface area contributed by atoms with Gasteiger partial charge in [-0.25, -0.2) is 4.98 Å². The van der Waals surface area contributed by atoms with E-state index in [1.807, 2.05) is 26.0 Å². The largest absolute Gasteiger partial charge is 0.416 e. The molecule has 0 bridgehead atoms. The lowest BCUT2D eigenvalue weighted by Gasteiger charge is -2.36. The number of pyridine rings is 1. The predicted octanol–water partition coefficient (Wildman–Crippen LogP) is 3.57. The van der Waals surface area contributed by atoms with Crippen LogP contribution in [0.25, 0.3) is 0 Å². The molecule has 1 saturated heterocycles. The molecule has 1 aliphatic rings. The number of morpholine rings is 1. The standard InChI is InChI=1S/C21H24F3N3O2/c1-14-12-27(13-15(2)29-14)19-7-6-17(10-25-19)11-26-20(28)9-16-4-3-5-18(8-16)21(22,23)24/h3-8,10,14-15H,9,11-13H2,1-2H3,(H,26,28). The van der Waals surface area contributed by atoms with E-state index in [0.29, 0.717) is 5.56 Å². The van der Waals surface area contributed by atoms with Crippen LogP contribution in [-0.4, -0.2) is 36.2 Å². The molecule has 2 heterocycles. The maximum Gasteiger partial charge on any atom is 0.416 e. The molecule has 29 heavy (non-hydrogen) atoms. The maximum absolute atomic E-state index is 12.8. The van der Waals surface area contributed by atoms with Gasteiger partial charge in [-0.2, -0.15) is 13.2 Å². The minimum atomic E-state index is -4.42. The van der Waals surface area contributed by atoms with Gasteiger partial charge >= 0.3 is 6.18 Å². The average Bonchev–Trinajstić information content (AvgIpc) is 2.65. The van der Waals surface area contributed by atoms with Crippen LogP contribution in [0.3, 0.4) is 0 Å². The first-order valence-electron chi connectivity index (χ1n) is 9.49. The van der Waals surface area contributed by atoms with Crippen molar-refractivity contribution >= 4 is 11.7 Å². The molecule has 2 unspecified atom stereocenters.